The molecular weight excluding hydrogens is 332 g/mol. The third-order valence-corrected chi connectivity index (χ3v) is 4.37. The molecule has 1 aliphatic heterocycles. The Balaban J connectivity index is 1.83. The van der Waals surface area contributed by atoms with Crippen LogP contribution in [-0.2, 0) is 4.74 Å². The van der Waals surface area contributed by atoms with Gasteiger partial charge in [0.1, 0.15) is 18.1 Å². The third kappa shape index (κ3) is 2.41. The van der Waals surface area contributed by atoms with Crippen LogP contribution in [0.2, 0.25) is 0 Å². The van der Waals surface area contributed by atoms with Crippen LogP contribution in [0.15, 0.2) is 48.9 Å². The first-order valence-electron chi connectivity index (χ1n) is 7.73. The van der Waals surface area contributed by atoms with Crippen LogP contribution in [-0.4, -0.2) is 49.5 Å². The fourth-order valence-electron chi connectivity index (χ4n) is 3.10. The third-order valence-electron chi connectivity index (χ3n) is 4.37. The van der Waals surface area contributed by atoms with Gasteiger partial charge in [-0.25, -0.2) is 9.97 Å². The Hall–Kier alpha value is -2.42. The maximum atomic E-state index is 14.4. The minimum absolute atomic E-state index is 0.268. The summed E-state index contributed by atoms with van der Waals surface area (Å²) in [6, 6.07) is 11.0. The normalized spacial score (nSPS) is 25.5. The first-order chi connectivity index (χ1) is 12.0. The van der Waals surface area contributed by atoms with Gasteiger partial charge in [-0.3, -0.25) is 0 Å². The first-order valence-corrected chi connectivity index (χ1v) is 7.73. The fourth-order valence-corrected chi connectivity index (χ4v) is 3.10. The summed E-state index contributed by atoms with van der Waals surface area (Å²) in [6.45, 7) is -0.698. The topological polar surface area (TPSA) is 80.4 Å². The van der Waals surface area contributed by atoms with Crippen molar-refractivity contribution in [2.75, 3.05) is 6.61 Å². The van der Waals surface area contributed by atoms with E-state index in [1.165, 1.54) is 17.1 Å². The summed E-state index contributed by atoms with van der Waals surface area (Å²) < 4.78 is 35.2. The van der Waals surface area contributed by atoms with Gasteiger partial charge >= 0.3 is 5.92 Å². The number of aliphatic hydroxyl groups is 2. The van der Waals surface area contributed by atoms with E-state index in [4.69, 9.17) is 9.84 Å². The van der Waals surface area contributed by atoms with E-state index in [0.717, 1.165) is 5.56 Å². The molecule has 3 heterocycles. The SMILES string of the molecule is OC[C@H]1O[C@@H](n2ccc3c(-c4ccccc4)ncnc32)C(F)(F)[C@@H]1O. The molecule has 130 valence electrons. The van der Waals surface area contributed by atoms with Crippen molar-refractivity contribution in [1.29, 1.82) is 0 Å². The highest BCUT2D eigenvalue weighted by atomic mass is 19.3. The van der Waals surface area contributed by atoms with E-state index in [9.17, 15) is 13.9 Å². The number of rotatable bonds is 3. The lowest BCUT2D eigenvalue weighted by molar-refractivity contribution is -0.138. The zero-order valence-electron chi connectivity index (χ0n) is 13.0. The van der Waals surface area contributed by atoms with Crippen LogP contribution in [0.5, 0.6) is 0 Å². The zero-order valence-corrected chi connectivity index (χ0v) is 13.0. The van der Waals surface area contributed by atoms with Gasteiger partial charge in [-0.1, -0.05) is 30.3 Å². The zero-order chi connectivity index (χ0) is 17.6. The molecule has 6 nitrogen and oxygen atoms in total. The van der Waals surface area contributed by atoms with Gasteiger partial charge < -0.3 is 19.5 Å². The van der Waals surface area contributed by atoms with Crippen LogP contribution < -0.4 is 0 Å². The van der Waals surface area contributed by atoms with E-state index in [1.54, 1.807) is 6.07 Å². The van der Waals surface area contributed by atoms with Gasteiger partial charge in [0.25, 0.3) is 0 Å². The molecule has 0 spiro atoms. The van der Waals surface area contributed by atoms with Gasteiger partial charge in [0.15, 0.2) is 6.10 Å². The number of ether oxygens (including phenoxy) is 1. The molecule has 0 saturated carbocycles. The van der Waals surface area contributed by atoms with Crippen LogP contribution in [0.25, 0.3) is 22.3 Å². The minimum atomic E-state index is -3.56. The molecule has 3 aromatic rings. The highest BCUT2D eigenvalue weighted by Crippen LogP contribution is 2.44. The second kappa shape index (κ2) is 5.83. The molecular formula is C17H15F2N3O3. The highest BCUT2D eigenvalue weighted by molar-refractivity contribution is 5.90. The Morgan fingerprint density at radius 2 is 1.92 bits per heavy atom. The molecule has 3 atom stereocenters. The lowest BCUT2D eigenvalue weighted by Crippen LogP contribution is -2.39. The molecule has 1 aliphatic rings. The van der Waals surface area contributed by atoms with Gasteiger partial charge in [-0.2, -0.15) is 8.78 Å². The van der Waals surface area contributed by atoms with E-state index in [-0.39, 0.29) is 5.65 Å². The summed E-state index contributed by atoms with van der Waals surface area (Å²) in [4.78, 5) is 8.37. The molecule has 0 aliphatic carbocycles. The van der Waals surface area contributed by atoms with Gasteiger partial charge in [-0.05, 0) is 6.07 Å². The maximum Gasteiger partial charge on any atom is 0.320 e. The van der Waals surface area contributed by atoms with Crippen LogP contribution in [0.3, 0.4) is 0 Å². The molecule has 25 heavy (non-hydrogen) atoms. The van der Waals surface area contributed by atoms with Crippen molar-refractivity contribution < 1.29 is 23.7 Å². The Morgan fingerprint density at radius 3 is 2.60 bits per heavy atom. The summed E-state index contributed by atoms with van der Waals surface area (Å²) in [7, 11) is 0. The lowest BCUT2D eigenvalue weighted by atomic mass is 10.1. The van der Waals surface area contributed by atoms with E-state index in [2.05, 4.69) is 9.97 Å². The summed E-state index contributed by atoms with van der Waals surface area (Å²) in [6.07, 6.45) is -2.47. The summed E-state index contributed by atoms with van der Waals surface area (Å²) in [5.74, 6) is -3.56. The van der Waals surface area contributed by atoms with Crippen LogP contribution in [0, 0.1) is 0 Å². The van der Waals surface area contributed by atoms with Gasteiger partial charge in [0.2, 0.25) is 6.23 Å². The smallest absolute Gasteiger partial charge is 0.320 e. The molecule has 4 rings (SSSR count). The summed E-state index contributed by atoms with van der Waals surface area (Å²) in [5.41, 5.74) is 1.72. The maximum absolute atomic E-state index is 14.4. The van der Waals surface area contributed by atoms with Crippen LogP contribution in [0.4, 0.5) is 8.78 Å². The number of hydrogen-bond donors (Lipinski definition) is 2. The number of alkyl halides is 2. The average molecular weight is 347 g/mol. The van der Waals surface area contributed by atoms with Crippen LogP contribution >= 0.6 is 0 Å². The number of benzene rings is 1. The van der Waals surface area contributed by atoms with Crippen molar-refractivity contribution in [3.05, 3.63) is 48.9 Å². The Morgan fingerprint density at radius 1 is 1.16 bits per heavy atom. The molecule has 0 bridgehead atoms. The number of halogens is 2. The van der Waals surface area contributed by atoms with Crippen molar-refractivity contribution >= 4 is 11.0 Å². The molecule has 0 radical (unpaired) electrons. The average Bonchev–Trinajstić information content (AvgIpc) is 3.15. The number of nitrogens with zero attached hydrogens (tertiary/aromatic N) is 3. The second-order valence-electron chi connectivity index (χ2n) is 5.88. The minimum Gasteiger partial charge on any atom is -0.394 e. The number of fused-ring (bicyclic) bond motifs is 1. The number of aliphatic hydroxyl groups excluding tert-OH is 2. The van der Waals surface area contributed by atoms with Crippen LogP contribution in [0.1, 0.15) is 6.23 Å². The molecule has 0 unspecified atom stereocenters. The fraction of sp³-hybridized carbons (Fsp3) is 0.294. The quantitative estimate of drug-likeness (QED) is 0.757. The predicted molar refractivity (Wildman–Crippen MR) is 84.9 cm³/mol. The summed E-state index contributed by atoms with van der Waals surface area (Å²) in [5, 5.41) is 19.4. The van der Waals surface area contributed by atoms with Crippen molar-refractivity contribution in [3.8, 4) is 11.3 Å². The number of hydrogen-bond acceptors (Lipinski definition) is 5. The van der Waals surface area contributed by atoms with E-state index in [0.29, 0.717) is 11.1 Å². The van der Waals surface area contributed by atoms with E-state index < -0.39 is 31.0 Å². The number of aromatic nitrogens is 3. The Bertz CT molecular complexity index is 901. The largest absolute Gasteiger partial charge is 0.394 e. The molecule has 1 aromatic carbocycles. The van der Waals surface area contributed by atoms with E-state index in [1.807, 2.05) is 30.3 Å². The van der Waals surface area contributed by atoms with Crippen molar-refractivity contribution in [3.63, 3.8) is 0 Å². The van der Waals surface area contributed by atoms with Crippen molar-refractivity contribution in [2.24, 2.45) is 0 Å². The van der Waals surface area contributed by atoms with Crippen molar-refractivity contribution in [2.45, 2.75) is 24.4 Å². The molecule has 1 fully saturated rings. The first kappa shape index (κ1) is 16.1. The Kier molecular flexibility index (Phi) is 3.75. The highest BCUT2D eigenvalue weighted by Gasteiger charge is 2.59. The second-order valence-corrected chi connectivity index (χ2v) is 5.88. The van der Waals surface area contributed by atoms with Gasteiger partial charge in [0.05, 0.1) is 12.3 Å². The lowest BCUT2D eigenvalue weighted by Gasteiger charge is -2.21. The molecule has 2 N–H and O–H groups in total. The predicted octanol–water partition coefficient (Wildman–Crippen LogP) is 1.98. The summed E-state index contributed by atoms with van der Waals surface area (Å²) >= 11 is 0. The standard InChI is InChI=1S/C17H15F2N3O3/c18-17(19)14(24)12(8-23)25-16(17)22-7-6-11-13(20-9-21-15(11)22)10-4-2-1-3-5-10/h1-7,9,12,14,16,23-24H,8H2/t12-,14-,16-/m1/s1. The molecule has 1 saturated heterocycles. The van der Waals surface area contributed by atoms with E-state index >= 15 is 0 Å². The van der Waals surface area contributed by atoms with Gasteiger partial charge in [-0.15, -0.1) is 0 Å². The monoisotopic (exact) mass is 347 g/mol. The molecule has 8 heteroatoms. The molecule has 2 aromatic heterocycles. The van der Waals surface area contributed by atoms with Gasteiger partial charge in [0, 0.05) is 17.1 Å². The Labute approximate surface area is 141 Å². The van der Waals surface area contributed by atoms with Crippen molar-refractivity contribution in [1.82, 2.24) is 14.5 Å². The molecule has 0 amide bonds.